The van der Waals surface area contributed by atoms with Crippen LogP contribution in [-0.2, 0) is 21.0 Å². The average Bonchev–Trinajstić information content (AvgIpc) is 3.10. The van der Waals surface area contributed by atoms with E-state index in [9.17, 15) is 9.59 Å². The summed E-state index contributed by atoms with van der Waals surface area (Å²) in [5.74, 6) is 0. The van der Waals surface area contributed by atoms with E-state index in [1.807, 2.05) is 6.92 Å². The summed E-state index contributed by atoms with van der Waals surface area (Å²) in [5.41, 5.74) is 0.890. The maximum absolute atomic E-state index is 11.6. The second-order valence-corrected chi connectivity index (χ2v) is 6.96. The lowest BCUT2D eigenvalue weighted by Gasteiger charge is -2.04. The van der Waals surface area contributed by atoms with Crippen LogP contribution in [0.5, 0.6) is 0 Å². The molecule has 0 fully saturated rings. The molecule has 0 aliphatic heterocycles. The minimum Gasteiger partial charge on any atom is -0.449 e. The van der Waals surface area contributed by atoms with Gasteiger partial charge in [0, 0.05) is 21.0 Å². The maximum atomic E-state index is 11.6. The van der Waals surface area contributed by atoms with Gasteiger partial charge in [-0.05, 0) is 24.6 Å². The van der Waals surface area contributed by atoms with Gasteiger partial charge in [0.25, 0.3) is 0 Å². The highest BCUT2D eigenvalue weighted by molar-refractivity contribution is 7.14. The topological polar surface area (TPSA) is 89.9 Å². The lowest BCUT2D eigenvalue weighted by molar-refractivity contribution is -0.102. The van der Waals surface area contributed by atoms with Crippen LogP contribution in [0.2, 0.25) is 10.0 Å². The van der Waals surface area contributed by atoms with Crippen LogP contribution in [0.4, 0.5) is 9.93 Å². The lowest BCUT2D eigenvalue weighted by Crippen LogP contribution is -2.14. The van der Waals surface area contributed by atoms with Gasteiger partial charge >= 0.3 is 6.09 Å². The van der Waals surface area contributed by atoms with Crippen LogP contribution in [0.25, 0.3) is 0 Å². The van der Waals surface area contributed by atoms with Gasteiger partial charge in [0.2, 0.25) is 0 Å². The zero-order valence-corrected chi connectivity index (χ0v) is 16.7. The maximum Gasteiger partial charge on any atom is 0.413 e. The Hall–Kier alpha value is -2.16. The van der Waals surface area contributed by atoms with Gasteiger partial charge in [0.15, 0.2) is 17.1 Å². The Morgan fingerprint density at radius 3 is 2.96 bits per heavy atom. The molecule has 2 aromatic rings. The number of aromatic nitrogens is 1. The third kappa shape index (κ3) is 6.82. The first-order valence-electron chi connectivity index (χ1n) is 8.02. The summed E-state index contributed by atoms with van der Waals surface area (Å²) in [6, 6.07) is 4.95. The first kappa shape index (κ1) is 21.1. The largest absolute Gasteiger partial charge is 0.449 e. The molecular weight excluding hydrogens is 413 g/mol. The summed E-state index contributed by atoms with van der Waals surface area (Å²) in [4.78, 5) is 32.2. The smallest absolute Gasteiger partial charge is 0.413 e. The molecule has 27 heavy (non-hydrogen) atoms. The molecule has 1 aromatic heterocycles. The fraction of sp³-hybridized carbons (Fsp3) is 0.294. The molecule has 0 aliphatic carbocycles. The molecule has 1 amide bonds. The second kappa shape index (κ2) is 10.9. The van der Waals surface area contributed by atoms with Crippen LogP contribution >= 0.6 is 34.5 Å². The number of hydrogen-bond acceptors (Lipinski definition) is 7. The normalized spacial score (nSPS) is 11.1. The van der Waals surface area contributed by atoms with Crippen LogP contribution < -0.4 is 5.32 Å². The van der Waals surface area contributed by atoms with E-state index in [4.69, 9.17) is 32.8 Å². The molecule has 1 heterocycles. The fourth-order valence-electron chi connectivity index (χ4n) is 1.84. The molecule has 0 saturated heterocycles. The van der Waals surface area contributed by atoms with Crippen LogP contribution in [-0.4, -0.2) is 29.7 Å². The zero-order valence-electron chi connectivity index (χ0n) is 14.4. The molecular formula is C17H17Cl2N3O4S. The molecule has 10 heteroatoms. The highest BCUT2D eigenvalue weighted by atomic mass is 35.5. The fourth-order valence-corrected chi connectivity index (χ4v) is 2.89. The monoisotopic (exact) mass is 429 g/mol. The number of halogens is 2. The number of thiazole rings is 1. The molecule has 7 nitrogen and oxygen atoms in total. The van der Waals surface area contributed by atoms with E-state index < -0.39 is 6.09 Å². The molecule has 0 unspecified atom stereocenters. The van der Waals surface area contributed by atoms with Gasteiger partial charge in [-0.1, -0.05) is 41.7 Å². The minimum absolute atomic E-state index is 0.0169. The Balaban J connectivity index is 1.95. The number of hydrogen-bond donors (Lipinski definition) is 1. The Kier molecular flexibility index (Phi) is 8.50. The van der Waals surface area contributed by atoms with Crippen molar-refractivity contribution >= 4 is 57.8 Å². The minimum atomic E-state index is -0.596. The van der Waals surface area contributed by atoms with Crippen LogP contribution in [0.15, 0.2) is 28.7 Å². The summed E-state index contributed by atoms with van der Waals surface area (Å²) in [5, 5.41) is 9.13. The molecule has 0 aliphatic rings. The number of carbonyl (C=O) groups excluding carboxylic acids is 2. The molecule has 0 atom stereocenters. The third-order valence-electron chi connectivity index (χ3n) is 3.21. The van der Waals surface area contributed by atoms with Crippen molar-refractivity contribution in [2.24, 2.45) is 5.16 Å². The number of unbranched alkanes of at least 4 members (excludes halogenated alkanes) is 1. The van der Waals surface area contributed by atoms with E-state index in [0.717, 1.165) is 24.2 Å². The standard InChI is InChI=1S/C17H17Cl2N3O4S/c1-2-3-6-25-17(24)21-16-20-15(10-27-16)14(8-23)22-26-9-11-7-12(18)4-5-13(11)19/h4-5,7-8,10H,2-3,6,9H2,1H3,(H,20,21,24). The Morgan fingerprint density at radius 1 is 1.41 bits per heavy atom. The van der Waals surface area contributed by atoms with Gasteiger partial charge in [0.05, 0.1) is 6.61 Å². The summed E-state index contributed by atoms with van der Waals surface area (Å²) in [6.45, 7) is 2.37. The first-order chi connectivity index (χ1) is 13.0. The summed E-state index contributed by atoms with van der Waals surface area (Å²) >= 11 is 13.1. The highest BCUT2D eigenvalue weighted by Crippen LogP contribution is 2.21. The van der Waals surface area contributed by atoms with E-state index >= 15 is 0 Å². The molecule has 0 bridgehead atoms. The van der Waals surface area contributed by atoms with Gasteiger partial charge in [-0.15, -0.1) is 11.3 Å². The van der Waals surface area contributed by atoms with Gasteiger partial charge in [-0.25, -0.2) is 9.78 Å². The average molecular weight is 430 g/mol. The van der Waals surface area contributed by atoms with Crippen LogP contribution in [0, 0.1) is 0 Å². The first-order valence-corrected chi connectivity index (χ1v) is 9.65. The molecule has 144 valence electrons. The number of aldehydes is 1. The quantitative estimate of drug-likeness (QED) is 0.264. The van der Waals surface area contributed by atoms with E-state index in [1.54, 1.807) is 23.6 Å². The Labute approximate surface area is 170 Å². The van der Waals surface area contributed by atoms with Gasteiger partial charge in [0.1, 0.15) is 12.3 Å². The number of anilines is 1. The number of nitrogens with one attached hydrogen (secondary N) is 1. The number of nitrogens with zero attached hydrogens (tertiary/aromatic N) is 2. The van der Waals surface area contributed by atoms with E-state index in [1.165, 1.54) is 0 Å². The van der Waals surface area contributed by atoms with Crippen molar-refractivity contribution in [2.75, 3.05) is 11.9 Å². The van der Waals surface area contributed by atoms with Crippen LogP contribution in [0.1, 0.15) is 31.0 Å². The van der Waals surface area contributed by atoms with Crippen molar-refractivity contribution < 1.29 is 19.2 Å². The second-order valence-electron chi connectivity index (χ2n) is 5.26. The predicted octanol–water partition coefficient (Wildman–Crippen LogP) is 4.92. The van der Waals surface area contributed by atoms with Crippen molar-refractivity contribution in [2.45, 2.75) is 26.4 Å². The number of ether oxygens (including phenoxy) is 1. The predicted molar refractivity (Wildman–Crippen MR) is 106 cm³/mol. The summed E-state index contributed by atoms with van der Waals surface area (Å²) in [6.07, 6.45) is 1.62. The number of carbonyl (C=O) groups is 2. The van der Waals surface area contributed by atoms with Crippen molar-refractivity contribution in [3.05, 3.63) is 44.9 Å². The van der Waals surface area contributed by atoms with E-state index in [-0.39, 0.29) is 18.0 Å². The van der Waals surface area contributed by atoms with Crippen molar-refractivity contribution in [1.82, 2.24) is 4.98 Å². The number of oxime groups is 1. The number of benzene rings is 1. The van der Waals surface area contributed by atoms with Gasteiger partial charge in [-0.2, -0.15) is 0 Å². The van der Waals surface area contributed by atoms with Crippen molar-refractivity contribution in [1.29, 1.82) is 0 Å². The summed E-state index contributed by atoms with van der Waals surface area (Å²) < 4.78 is 4.99. The van der Waals surface area contributed by atoms with Gasteiger partial charge in [-0.3, -0.25) is 10.1 Å². The Bertz CT molecular complexity index is 826. The third-order valence-corrected chi connectivity index (χ3v) is 4.57. The highest BCUT2D eigenvalue weighted by Gasteiger charge is 2.12. The molecule has 0 radical (unpaired) electrons. The number of rotatable bonds is 9. The molecule has 0 saturated carbocycles. The zero-order chi connectivity index (χ0) is 19.6. The molecule has 2 rings (SSSR count). The van der Waals surface area contributed by atoms with Crippen molar-refractivity contribution in [3.8, 4) is 0 Å². The Morgan fingerprint density at radius 2 is 2.22 bits per heavy atom. The molecule has 1 aromatic carbocycles. The van der Waals surface area contributed by atoms with E-state index in [0.29, 0.717) is 33.6 Å². The molecule has 0 spiro atoms. The van der Waals surface area contributed by atoms with Crippen molar-refractivity contribution in [3.63, 3.8) is 0 Å². The lowest BCUT2D eigenvalue weighted by atomic mass is 10.2. The van der Waals surface area contributed by atoms with Gasteiger partial charge < -0.3 is 9.57 Å². The number of amides is 1. The SMILES string of the molecule is CCCCOC(=O)Nc1nc(C(C=O)=NOCc2cc(Cl)ccc2Cl)cs1. The molecule has 1 N–H and O–H groups in total. The van der Waals surface area contributed by atoms with E-state index in [2.05, 4.69) is 15.5 Å². The summed E-state index contributed by atoms with van der Waals surface area (Å²) in [7, 11) is 0. The van der Waals surface area contributed by atoms with Crippen LogP contribution in [0.3, 0.4) is 0 Å².